The van der Waals surface area contributed by atoms with Crippen LogP contribution in [0.25, 0.3) is 0 Å². The van der Waals surface area contributed by atoms with Gasteiger partial charge >= 0.3 is 0 Å². The summed E-state index contributed by atoms with van der Waals surface area (Å²) in [6.45, 7) is -0.362. The lowest BCUT2D eigenvalue weighted by Crippen LogP contribution is -2.17. The van der Waals surface area contributed by atoms with Gasteiger partial charge in [0.05, 0.1) is 16.9 Å². The van der Waals surface area contributed by atoms with Gasteiger partial charge in [0.2, 0.25) is 0 Å². The summed E-state index contributed by atoms with van der Waals surface area (Å²) in [7, 11) is 0. The Bertz CT molecular complexity index is 708. The molecule has 4 nitrogen and oxygen atoms in total. The molecule has 114 valence electrons. The van der Waals surface area contributed by atoms with E-state index in [4.69, 9.17) is 16.4 Å². The zero-order valence-electron chi connectivity index (χ0n) is 11.2. The Morgan fingerprint density at radius 2 is 2.00 bits per heavy atom. The van der Waals surface area contributed by atoms with Gasteiger partial charge < -0.3 is 10.2 Å². The molecule has 0 saturated heterocycles. The fraction of sp³-hybridized carbons (Fsp3) is 0.0667. The number of rotatable bonds is 5. The van der Waals surface area contributed by atoms with Crippen LogP contribution in [0.1, 0.15) is 5.56 Å². The highest BCUT2D eigenvalue weighted by Gasteiger charge is 2.07. The number of carbonyl (C=O) groups is 1. The Hall–Kier alpha value is -2.47. The highest BCUT2D eigenvalue weighted by molar-refractivity contribution is 6.33. The van der Waals surface area contributed by atoms with E-state index in [1.165, 1.54) is 36.5 Å². The molecule has 2 rings (SSSR count). The van der Waals surface area contributed by atoms with Crippen molar-refractivity contribution in [3.63, 3.8) is 0 Å². The van der Waals surface area contributed by atoms with Gasteiger partial charge in [-0.2, -0.15) is 0 Å². The number of hydrogen-bond donors (Lipinski definition) is 1. The predicted octanol–water partition coefficient (Wildman–Crippen LogP) is 3.61. The molecular formula is C15H11ClF2N2O2. The maximum absolute atomic E-state index is 12.9. The van der Waals surface area contributed by atoms with E-state index in [1.807, 2.05) is 0 Å². The molecule has 0 radical (unpaired) electrons. The normalized spacial score (nSPS) is 10.7. The third-order valence-corrected chi connectivity index (χ3v) is 2.84. The van der Waals surface area contributed by atoms with Crippen LogP contribution < -0.4 is 5.32 Å². The van der Waals surface area contributed by atoms with E-state index in [2.05, 4.69) is 10.5 Å². The first-order valence-corrected chi connectivity index (χ1v) is 6.58. The molecule has 22 heavy (non-hydrogen) atoms. The van der Waals surface area contributed by atoms with E-state index < -0.39 is 17.5 Å². The van der Waals surface area contributed by atoms with Crippen LogP contribution in [0.15, 0.2) is 47.6 Å². The highest BCUT2D eigenvalue weighted by atomic mass is 35.5. The average molecular weight is 325 g/mol. The monoisotopic (exact) mass is 324 g/mol. The van der Waals surface area contributed by atoms with Crippen molar-refractivity contribution in [2.45, 2.75) is 0 Å². The lowest BCUT2D eigenvalue weighted by atomic mass is 10.2. The highest BCUT2D eigenvalue weighted by Crippen LogP contribution is 2.22. The predicted molar refractivity (Wildman–Crippen MR) is 80.0 cm³/mol. The van der Waals surface area contributed by atoms with Gasteiger partial charge in [0.1, 0.15) is 11.6 Å². The van der Waals surface area contributed by atoms with Crippen LogP contribution in [0, 0.1) is 11.6 Å². The van der Waals surface area contributed by atoms with Crippen molar-refractivity contribution in [3.8, 4) is 0 Å². The van der Waals surface area contributed by atoms with Crippen LogP contribution >= 0.6 is 11.6 Å². The van der Waals surface area contributed by atoms with Crippen molar-refractivity contribution < 1.29 is 18.4 Å². The summed E-state index contributed by atoms with van der Waals surface area (Å²) in [5.74, 6) is -1.41. The molecule has 1 amide bonds. The lowest BCUT2D eigenvalue weighted by molar-refractivity contribution is -0.120. The van der Waals surface area contributed by atoms with Gasteiger partial charge in [0.25, 0.3) is 5.91 Å². The van der Waals surface area contributed by atoms with E-state index in [9.17, 15) is 13.6 Å². The summed E-state index contributed by atoms with van der Waals surface area (Å²) in [5, 5.41) is 6.08. The summed E-state index contributed by atoms with van der Waals surface area (Å²) in [4.78, 5) is 16.4. The summed E-state index contributed by atoms with van der Waals surface area (Å²) in [6.07, 6.45) is 1.28. The third kappa shape index (κ3) is 4.82. The maximum atomic E-state index is 12.9. The molecule has 7 heteroatoms. The fourth-order valence-corrected chi connectivity index (χ4v) is 1.77. The number of nitrogens with zero attached hydrogens (tertiary/aromatic N) is 1. The van der Waals surface area contributed by atoms with E-state index in [0.29, 0.717) is 5.56 Å². The molecule has 0 aliphatic carbocycles. The molecule has 0 aromatic heterocycles. The maximum Gasteiger partial charge on any atom is 0.265 e. The van der Waals surface area contributed by atoms with Crippen LogP contribution in [-0.4, -0.2) is 18.7 Å². The van der Waals surface area contributed by atoms with E-state index in [0.717, 1.165) is 6.07 Å². The van der Waals surface area contributed by atoms with Crippen LogP contribution in [0.2, 0.25) is 5.02 Å². The first kappa shape index (κ1) is 15.9. The molecule has 2 aromatic rings. The Balaban J connectivity index is 1.83. The van der Waals surface area contributed by atoms with Gasteiger partial charge in [0, 0.05) is 0 Å². The summed E-state index contributed by atoms with van der Waals surface area (Å²) in [5.41, 5.74) is 0.771. The van der Waals surface area contributed by atoms with Crippen molar-refractivity contribution in [3.05, 3.63) is 64.7 Å². The zero-order chi connectivity index (χ0) is 15.9. The van der Waals surface area contributed by atoms with E-state index in [-0.39, 0.29) is 17.3 Å². The number of nitrogens with one attached hydrogen (secondary N) is 1. The van der Waals surface area contributed by atoms with Gasteiger partial charge in [0.15, 0.2) is 6.61 Å². The van der Waals surface area contributed by atoms with Crippen LogP contribution in [0.4, 0.5) is 14.5 Å². The fourth-order valence-electron chi connectivity index (χ4n) is 1.56. The van der Waals surface area contributed by atoms with Crippen molar-refractivity contribution in [1.82, 2.24) is 0 Å². The molecule has 2 aromatic carbocycles. The Kier molecular flexibility index (Phi) is 5.43. The van der Waals surface area contributed by atoms with Gasteiger partial charge in [-0.1, -0.05) is 28.9 Å². The zero-order valence-corrected chi connectivity index (χ0v) is 12.0. The molecule has 0 atom stereocenters. The molecule has 0 spiro atoms. The van der Waals surface area contributed by atoms with Gasteiger partial charge in [-0.25, -0.2) is 8.78 Å². The number of amides is 1. The van der Waals surface area contributed by atoms with Crippen molar-refractivity contribution in [2.24, 2.45) is 5.16 Å². The Labute approximate surface area is 130 Å². The average Bonchev–Trinajstić information content (AvgIpc) is 2.47. The Morgan fingerprint density at radius 1 is 1.23 bits per heavy atom. The number of halogens is 3. The second kappa shape index (κ2) is 7.51. The first-order chi connectivity index (χ1) is 10.5. The van der Waals surface area contributed by atoms with Crippen molar-refractivity contribution in [2.75, 3.05) is 11.9 Å². The molecule has 0 saturated carbocycles. The molecular weight excluding hydrogens is 314 g/mol. The number of carbonyl (C=O) groups excluding carboxylic acids is 1. The second-order valence-electron chi connectivity index (χ2n) is 4.24. The SMILES string of the molecule is O=C(CO/N=C\c1cccc(F)c1)Nc1ccc(F)cc1Cl. The third-order valence-electron chi connectivity index (χ3n) is 2.53. The standard InChI is InChI=1S/C15H11ClF2N2O2/c16-13-7-12(18)4-5-14(13)20-15(21)9-22-19-8-10-2-1-3-11(17)6-10/h1-8H,9H2,(H,20,21)/b19-8-. The summed E-state index contributed by atoms with van der Waals surface area (Å²) >= 11 is 5.77. The van der Waals surface area contributed by atoms with Crippen molar-refractivity contribution >= 4 is 29.4 Å². The minimum atomic E-state index is -0.509. The number of oxime groups is 1. The lowest BCUT2D eigenvalue weighted by Gasteiger charge is -2.06. The van der Waals surface area contributed by atoms with Gasteiger partial charge in [-0.05, 0) is 35.9 Å². The summed E-state index contributed by atoms with van der Waals surface area (Å²) in [6, 6.07) is 9.33. The smallest absolute Gasteiger partial charge is 0.265 e. The summed E-state index contributed by atoms with van der Waals surface area (Å²) < 4.78 is 25.8. The minimum Gasteiger partial charge on any atom is -0.386 e. The molecule has 0 heterocycles. The van der Waals surface area contributed by atoms with Crippen LogP contribution in [0.3, 0.4) is 0 Å². The van der Waals surface area contributed by atoms with Crippen molar-refractivity contribution in [1.29, 1.82) is 0 Å². The number of anilines is 1. The number of hydrogen-bond acceptors (Lipinski definition) is 3. The molecule has 0 bridgehead atoms. The topological polar surface area (TPSA) is 50.7 Å². The largest absolute Gasteiger partial charge is 0.386 e. The molecule has 1 N–H and O–H groups in total. The quantitative estimate of drug-likeness (QED) is 0.674. The number of benzene rings is 2. The van der Waals surface area contributed by atoms with E-state index in [1.54, 1.807) is 6.07 Å². The Morgan fingerprint density at radius 3 is 2.73 bits per heavy atom. The molecule has 0 unspecified atom stereocenters. The van der Waals surface area contributed by atoms with Crippen LogP contribution in [0.5, 0.6) is 0 Å². The molecule has 0 aliphatic rings. The second-order valence-corrected chi connectivity index (χ2v) is 4.64. The molecule has 0 aliphatic heterocycles. The van der Waals surface area contributed by atoms with E-state index >= 15 is 0 Å². The van der Waals surface area contributed by atoms with Gasteiger partial charge in [-0.15, -0.1) is 0 Å². The van der Waals surface area contributed by atoms with Crippen LogP contribution in [-0.2, 0) is 9.63 Å². The minimum absolute atomic E-state index is 0.0802. The molecule has 0 fully saturated rings. The first-order valence-electron chi connectivity index (χ1n) is 6.20. The van der Waals surface area contributed by atoms with Gasteiger partial charge in [-0.3, -0.25) is 4.79 Å².